The van der Waals surface area contributed by atoms with Gasteiger partial charge in [-0.15, -0.1) is 0 Å². The van der Waals surface area contributed by atoms with Crippen LogP contribution in [0, 0.1) is 13.8 Å². The van der Waals surface area contributed by atoms with E-state index in [2.05, 4.69) is 4.98 Å². The molecule has 0 aliphatic rings. The minimum Gasteiger partial charge on any atom is -0.454 e. The van der Waals surface area contributed by atoms with Gasteiger partial charge >= 0.3 is 5.97 Å². The molecule has 0 radical (unpaired) electrons. The first kappa shape index (κ1) is 18.9. The first-order valence-corrected chi connectivity index (χ1v) is 8.27. The van der Waals surface area contributed by atoms with Crippen LogP contribution in [0.4, 0.5) is 0 Å². The van der Waals surface area contributed by atoms with Crippen molar-refractivity contribution in [1.29, 1.82) is 0 Å². The van der Waals surface area contributed by atoms with Crippen LogP contribution in [0.2, 0.25) is 5.02 Å². The van der Waals surface area contributed by atoms with E-state index in [1.807, 2.05) is 0 Å². The van der Waals surface area contributed by atoms with Crippen molar-refractivity contribution in [2.24, 2.45) is 0 Å². The predicted octanol–water partition coefficient (Wildman–Crippen LogP) is 3.84. The lowest BCUT2D eigenvalue weighted by molar-refractivity contribution is -0.145. The topological polar surface area (TPSA) is 76.2 Å². The van der Waals surface area contributed by atoms with Crippen LogP contribution in [0.3, 0.4) is 0 Å². The van der Waals surface area contributed by atoms with Crippen molar-refractivity contribution in [2.45, 2.75) is 40.2 Å². The molecule has 0 amide bonds. The monoisotopic (exact) mass is 361 g/mol. The lowest BCUT2D eigenvalue weighted by Gasteiger charge is -2.12. The molecular formula is C19H20ClNO4. The van der Waals surface area contributed by atoms with Crippen molar-refractivity contribution in [1.82, 2.24) is 4.98 Å². The fourth-order valence-corrected chi connectivity index (χ4v) is 3.02. The van der Waals surface area contributed by atoms with Crippen LogP contribution in [0.1, 0.15) is 51.5 Å². The van der Waals surface area contributed by atoms with Gasteiger partial charge in [0, 0.05) is 16.3 Å². The third-order valence-corrected chi connectivity index (χ3v) is 4.37. The second kappa shape index (κ2) is 7.66. The van der Waals surface area contributed by atoms with Crippen LogP contribution < -0.4 is 0 Å². The molecule has 0 aliphatic carbocycles. The van der Waals surface area contributed by atoms with E-state index in [0.29, 0.717) is 33.1 Å². The van der Waals surface area contributed by atoms with E-state index in [1.54, 1.807) is 38.1 Å². The third-order valence-electron chi connectivity index (χ3n) is 4.01. The molecular weight excluding hydrogens is 342 g/mol. The van der Waals surface area contributed by atoms with Gasteiger partial charge in [0.2, 0.25) is 5.78 Å². The number of Topliss-reactive ketones (excluding diaryl/α,β-unsaturated/α-hetero) is 2. The van der Waals surface area contributed by atoms with E-state index in [-0.39, 0.29) is 18.0 Å². The van der Waals surface area contributed by atoms with Gasteiger partial charge in [-0.2, -0.15) is 0 Å². The summed E-state index contributed by atoms with van der Waals surface area (Å²) < 4.78 is 5.24. The number of rotatable bonds is 6. The van der Waals surface area contributed by atoms with Crippen molar-refractivity contribution in [3.8, 4) is 0 Å². The Morgan fingerprint density at radius 1 is 1.20 bits per heavy atom. The van der Waals surface area contributed by atoms with Gasteiger partial charge in [0.05, 0.1) is 12.1 Å². The summed E-state index contributed by atoms with van der Waals surface area (Å²) in [6.45, 7) is 6.39. The number of carbonyl (C=O) groups excluding carboxylic acids is 3. The van der Waals surface area contributed by atoms with Crippen LogP contribution in [0.15, 0.2) is 24.3 Å². The highest BCUT2D eigenvalue weighted by molar-refractivity contribution is 6.31. The van der Waals surface area contributed by atoms with Gasteiger partial charge in [-0.05, 0) is 44.9 Å². The highest BCUT2D eigenvalue weighted by Crippen LogP contribution is 2.21. The maximum absolute atomic E-state index is 12.6. The zero-order valence-corrected chi connectivity index (χ0v) is 15.4. The molecule has 0 spiro atoms. The SMILES string of the molecule is CC(=O)c1c(C)[nH]c(C(=O)[C@@H](C)OC(=O)Cc2ccccc2Cl)c1C. The molecule has 1 atom stereocenters. The highest BCUT2D eigenvalue weighted by atomic mass is 35.5. The quantitative estimate of drug-likeness (QED) is 0.626. The zero-order valence-electron chi connectivity index (χ0n) is 14.6. The number of aromatic amines is 1. The predicted molar refractivity (Wildman–Crippen MR) is 95.3 cm³/mol. The van der Waals surface area contributed by atoms with Crippen molar-refractivity contribution < 1.29 is 19.1 Å². The van der Waals surface area contributed by atoms with Crippen molar-refractivity contribution in [3.63, 3.8) is 0 Å². The molecule has 1 aromatic carbocycles. The summed E-state index contributed by atoms with van der Waals surface area (Å²) >= 11 is 6.02. The number of esters is 1. The number of ketones is 2. The molecule has 0 saturated carbocycles. The van der Waals surface area contributed by atoms with E-state index in [1.165, 1.54) is 13.8 Å². The van der Waals surface area contributed by atoms with Gasteiger partial charge in [-0.3, -0.25) is 14.4 Å². The van der Waals surface area contributed by atoms with E-state index >= 15 is 0 Å². The van der Waals surface area contributed by atoms with Crippen LogP contribution in [0.5, 0.6) is 0 Å². The summed E-state index contributed by atoms with van der Waals surface area (Å²) in [5.74, 6) is -1.03. The number of hydrogen-bond donors (Lipinski definition) is 1. The van der Waals surface area contributed by atoms with Gasteiger partial charge in [0.25, 0.3) is 0 Å². The standard InChI is InChI=1S/C19H20ClNO4/c1-10-17(12(3)22)11(2)21-18(10)19(24)13(4)25-16(23)9-14-7-5-6-8-15(14)20/h5-8,13,21H,9H2,1-4H3/t13-/m1/s1. The Balaban J connectivity index is 2.10. The molecule has 0 unspecified atom stereocenters. The van der Waals surface area contributed by atoms with E-state index < -0.39 is 12.1 Å². The maximum Gasteiger partial charge on any atom is 0.311 e. The molecule has 0 aliphatic heterocycles. The number of ether oxygens (including phenoxy) is 1. The van der Waals surface area contributed by atoms with Gasteiger partial charge < -0.3 is 9.72 Å². The van der Waals surface area contributed by atoms with Gasteiger partial charge in [0.1, 0.15) is 0 Å². The van der Waals surface area contributed by atoms with E-state index in [9.17, 15) is 14.4 Å². The summed E-state index contributed by atoms with van der Waals surface area (Å²) in [5, 5.41) is 0.473. The summed E-state index contributed by atoms with van der Waals surface area (Å²) in [6.07, 6.45) is -0.981. The first-order valence-electron chi connectivity index (χ1n) is 7.89. The fraction of sp³-hybridized carbons (Fsp3) is 0.316. The number of benzene rings is 1. The van der Waals surface area contributed by atoms with Gasteiger partial charge in [-0.25, -0.2) is 0 Å². The lowest BCUT2D eigenvalue weighted by Crippen LogP contribution is -2.26. The summed E-state index contributed by atoms with van der Waals surface area (Å²) in [5.41, 5.74) is 2.63. The van der Waals surface area contributed by atoms with Crippen LogP contribution in [0.25, 0.3) is 0 Å². The molecule has 6 heteroatoms. The Morgan fingerprint density at radius 2 is 1.84 bits per heavy atom. The molecule has 0 saturated heterocycles. The van der Waals surface area contributed by atoms with Gasteiger partial charge in [-0.1, -0.05) is 29.8 Å². The number of H-pyrrole nitrogens is 1. The minimum absolute atomic E-state index is 0.0152. The molecule has 25 heavy (non-hydrogen) atoms. The highest BCUT2D eigenvalue weighted by Gasteiger charge is 2.26. The Kier molecular flexibility index (Phi) is 5.80. The molecule has 1 N–H and O–H groups in total. The summed E-state index contributed by atoms with van der Waals surface area (Å²) in [7, 11) is 0. The molecule has 0 fully saturated rings. The number of aryl methyl sites for hydroxylation is 1. The zero-order chi connectivity index (χ0) is 18.7. The van der Waals surface area contributed by atoms with Crippen LogP contribution in [-0.2, 0) is 16.0 Å². The number of nitrogens with one attached hydrogen (secondary N) is 1. The summed E-state index contributed by atoms with van der Waals surface area (Å²) in [4.78, 5) is 39.2. The van der Waals surface area contributed by atoms with Crippen molar-refractivity contribution in [2.75, 3.05) is 0 Å². The molecule has 1 heterocycles. The van der Waals surface area contributed by atoms with E-state index in [4.69, 9.17) is 16.3 Å². The maximum atomic E-state index is 12.6. The molecule has 2 aromatic rings. The second-order valence-electron chi connectivity index (χ2n) is 5.95. The van der Waals surface area contributed by atoms with E-state index in [0.717, 1.165) is 0 Å². The number of aromatic nitrogens is 1. The second-order valence-corrected chi connectivity index (χ2v) is 6.35. The lowest BCUT2D eigenvalue weighted by atomic mass is 10.0. The Labute approximate surface area is 151 Å². The molecule has 0 bridgehead atoms. The number of carbonyl (C=O) groups is 3. The Hall–Kier alpha value is -2.40. The third kappa shape index (κ3) is 4.17. The number of hydrogen-bond acceptors (Lipinski definition) is 4. The van der Waals surface area contributed by atoms with Crippen molar-refractivity contribution >= 4 is 29.1 Å². The normalized spacial score (nSPS) is 11.9. The van der Waals surface area contributed by atoms with Gasteiger partial charge in [0.15, 0.2) is 11.9 Å². The van der Waals surface area contributed by atoms with Crippen LogP contribution >= 0.6 is 11.6 Å². The largest absolute Gasteiger partial charge is 0.454 e. The summed E-state index contributed by atoms with van der Waals surface area (Å²) in [6, 6.07) is 6.96. The minimum atomic E-state index is -0.966. The first-order chi connectivity index (χ1) is 11.7. The molecule has 1 aromatic heterocycles. The number of halogens is 1. The average Bonchev–Trinajstić information content (AvgIpc) is 2.83. The molecule has 132 valence electrons. The molecule has 2 rings (SSSR count). The Bertz CT molecular complexity index is 838. The smallest absolute Gasteiger partial charge is 0.311 e. The van der Waals surface area contributed by atoms with Crippen molar-refractivity contribution in [3.05, 3.63) is 57.4 Å². The Morgan fingerprint density at radius 3 is 2.40 bits per heavy atom. The fourth-order valence-electron chi connectivity index (χ4n) is 2.82. The van der Waals surface area contributed by atoms with Crippen LogP contribution in [-0.4, -0.2) is 28.6 Å². The average molecular weight is 362 g/mol. The molecule has 5 nitrogen and oxygen atoms in total.